The SMILES string of the molecule is OCCCC(O)c1occc1Br. The molecule has 0 aliphatic heterocycles. The molecule has 0 aromatic carbocycles. The molecule has 0 radical (unpaired) electrons. The van der Waals surface area contributed by atoms with Gasteiger partial charge in [0.2, 0.25) is 0 Å². The van der Waals surface area contributed by atoms with Crippen LogP contribution in [0.15, 0.2) is 21.2 Å². The molecule has 0 aliphatic carbocycles. The molecule has 1 aromatic heterocycles. The highest BCUT2D eigenvalue weighted by atomic mass is 79.9. The van der Waals surface area contributed by atoms with Gasteiger partial charge in [0, 0.05) is 6.61 Å². The summed E-state index contributed by atoms with van der Waals surface area (Å²) in [6.45, 7) is 0.0926. The largest absolute Gasteiger partial charge is 0.465 e. The second-order valence-electron chi connectivity index (χ2n) is 2.51. The van der Waals surface area contributed by atoms with Gasteiger partial charge < -0.3 is 14.6 Å². The van der Waals surface area contributed by atoms with Gasteiger partial charge in [-0.25, -0.2) is 0 Å². The molecule has 0 amide bonds. The fourth-order valence-electron chi connectivity index (χ4n) is 0.959. The number of aliphatic hydroxyl groups is 2. The summed E-state index contributed by atoms with van der Waals surface area (Å²) in [6.07, 6.45) is 1.99. The van der Waals surface area contributed by atoms with Crippen LogP contribution in [-0.4, -0.2) is 16.8 Å². The molecule has 2 N–H and O–H groups in total. The van der Waals surface area contributed by atoms with Crippen molar-refractivity contribution in [1.82, 2.24) is 0 Å². The molecule has 12 heavy (non-hydrogen) atoms. The molecular formula is C8H11BrO3. The van der Waals surface area contributed by atoms with Crippen LogP contribution in [0.4, 0.5) is 0 Å². The Morgan fingerprint density at radius 1 is 1.58 bits per heavy atom. The van der Waals surface area contributed by atoms with Crippen LogP contribution in [0.1, 0.15) is 24.7 Å². The van der Waals surface area contributed by atoms with E-state index in [2.05, 4.69) is 15.9 Å². The zero-order valence-corrected chi connectivity index (χ0v) is 8.12. The number of halogens is 1. The van der Waals surface area contributed by atoms with Gasteiger partial charge in [-0.05, 0) is 34.8 Å². The summed E-state index contributed by atoms with van der Waals surface area (Å²) >= 11 is 3.24. The van der Waals surface area contributed by atoms with Crippen molar-refractivity contribution >= 4 is 15.9 Å². The molecule has 0 saturated heterocycles. The second kappa shape index (κ2) is 4.64. The molecule has 3 nitrogen and oxygen atoms in total. The maximum atomic E-state index is 9.49. The summed E-state index contributed by atoms with van der Waals surface area (Å²) in [4.78, 5) is 0. The first kappa shape index (κ1) is 9.77. The van der Waals surface area contributed by atoms with E-state index in [0.29, 0.717) is 18.6 Å². The fourth-order valence-corrected chi connectivity index (χ4v) is 1.42. The molecule has 4 heteroatoms. The lowest BCUT2D eigenvalue weighted by molar-refractivity contribution is 0.127. The minimum Gasteiger partial charge on any atom is -0.465 e. The lowest BCUT2D eigenvalue weighted by atomic mass is 10.1. The van der Waals surface area contributed by atoms with Crippen molar-refractivity contribution in [2.24, 2.45) is 0 Å². The van der Waals surface area contributed by atoms with Crippen molar-refractivity contribution in [3.63, 3.8) is 0 Å². The monoisotopic (exact) mass is 234 g/mol. The molecule has 1 aromatic rings. The number of hydrogen-bond acceptors (Lipinski definition) is 3. The van der Waals surface area contributed by atoms with Crippen LogP contribution in [-0.2, 0) is 0 Å². The highest BCUT2D eigenvalue weighted by molar-refractivity contribution is 9.10. The second-order valence-corrected chi connectivity index (χ2v) is 3.37. The van der Waals surface area contributed by atoms with Crippen molar-refractivity contribution in [2.45, 2.75) is 18.9 Å². The van der Waals surface area contributed by atoms with Gasteiger partial charge in [-0.3, -0.25) is 0 Å². The maximum Gasteiger partial charge on any atom is 0.146 e. The van der Waals surface area contributed by atoms with E-state index < -0.39 is 6.10 Å². The van der Waals surface area contributed by atoms with Crippen LogP contribution in [0, 0.1) is 0 Å². The Morgan fingerprint density at radius 2 is 2.33 bits per heavy atom. The van der Waals surface area contributed by atoms with Crippen LogP contribution in [0.3, 0.4) is 0 Å². The molecule has 1 atom stereocenters. The Bertz CT molecular complexity index is 234. The molecule has 0 bridgehead atoms. The molecule has 0 spiro atoms. The van der Waals surface area contributed by atoms with E-state index in [1.54, 1.807) is 6.07 Å². The molecule has 1 rings (SSSR count). The summed E-state index contributed by atoms with van der Waals surface area (Å²) in [5.41, 5.74) is 0. The van der Waals surface area contributed by atoms with Gasteiger partial charge >= 0.3 is 0 Å². The minimum absolute atomic E-state index is 0.0926. The van der Waals surface area contributed by atoms with E-state index in [1.807, 2.05) is 0 Å². The predicted molar refractivity (Wildman–Crippen MR) is 47.7 cm³/mol. The van der Waals surface area contributed by atoms with E-state index >= 15 is 0 Å². The van der Waals surface area contributed by atoms with Gasteiger partial charge in [-0.2, -0.15) is 0 Å². The van der Waals surface area contributed by atoms with Gasteiger partial charge in [-0.15, -0.1) is 0 Å². The van der Waals surface area contributed by atoms with E-state index in [4.69, 9.17) is 9.52 Å². The van der Waals surface area contributed by atoms with E-state index in [1.165, 1.54) is 6.26 Å². The highest BCUT2D eigenvalue weighted by Gasteiger charge is 2.13. The first-order valence-corrected chi connectivity index (χ1v) is 4.57. The zero-order chi connectivity index (χ0) is 8.97. The molecule has 0 fully saturated rings. The Labute approximate surface area is 79.1 Å². The third-order valence-corrected chi connectivity index (χ3v) is 2.24. The standard InChI is InChI=1S/C8H11BrO3/c9-6-3-5-12-8(6)7(11)2-1-4-10/h3,5,7,10-11H,1-2,4H2. The van der Waals surface area contributed by atoms with E-state index in [-0.39, 0.29) is 6.61 Å². The van der Waals surface area contributed by atoms with Crippen molar-refractivity contribution in [3.05, 3.63) is 22.6 Å². The number of rotatable bonds is 4. The van der Waals surface area contributed by atoms with Crippen LogP contribution in [0.5, 0.6) is 0 Å². The Kier molecular flexibility index (Phi) is 3.78. The average Bonchev–Trinajstić information content (AvgIpc) is 2.47. The molecule has 68 valence electrons. The normalized spacial score (nSPS) is 13.2. The first-order chi connectivity index (χ1) is 5.75. The number of hydrogen-bond donors (Lipinski definition) is 2. The summed E-state index contributed by atoms with van der Waals surface area (Å²) in [7, 11) is 0. The van der Waals surface area contributed by atoms with Crippen molar-refractivity contribution in [1.29, 1.82) is 0 Å². The number of aliphatic hydroxyl groups excluding tert-OH is 2. The summed E-state index contributed by atoms with van der Waals surface area (Å²) in [5, 5.41) is 18.0. The quantitative estimate of drug-likeness (QED) is 0.837. The van der Waals surface area contributed by atoms with Gasteiger partial charge in [0.25, 0.3) is 0 Å². The fraction of sp³-hybridized carbons (Fsp3) is 0.500. The summed E-state index contributed by atoms with van der Waals surface area (Å²) in [5.74, 6) is 0.531. The first-order valence-electron chi connectivity index (χ1n) is 3.77. The van der Waals surface area contributed by atoms with Gasteiger partial charge in [0.15, 0.2) is 0 Å². The van der Waals surface area contributed by atoms with Crippen LogP contribution in [0.2, 0.25) is 0 Å². The van der Waals surface area contributed by atoms with Crippen molar-refractivity contribution < 1.29 is 14.6 Å². The molecular weight excluding hydrogens is 224 g/mol. The Hall–Kier alpha value is -0.320. The maximum absolute atomic E-state index is 9.49. The van der Waals surface area contributed by atoms with Gasteiger partial charge in [0.1, 0.15) is 11.9 Å². The lowest BCUT2D eigenvalue weighted by Crippen LogP contribution is -1.97. The van der Waals surface area contributed by atoms with E-state index in [0.717, 1.165) is 4.47 Å². The topological polar surface area (TPSA) is 53.6 Å². The van der Waals surface area contributed by atoms with Crippen LogP contribution in [0.25, 0.3) is 0 Å². The highest BCUT2D eigenvalue weighted by Crippen LogP contribution is 2.26. The lowest BCUT2D eigenvalue weighted by Gasteiger charge is -2.06. The zero-order valence-electron chi connectivity index (χ0n) is 6.53. The van der Waals surface area contributed by atoms with Crippen LogP contribution >= 0.6 is 15.9 Å². The predicted octanol–water partition coefficient (Wildman–Crippen LogP) is 1.85. The summed E-state index contributed by atoms with van der Waals surface area (Å²) in [6, 6.07) is 1.73. The van der Waals surface area contributed by atoms with Crippen molar-refractivity contribution in [2.75, 3.05) is 6.61 Å². The smallest absolute Gasteiger partial charge is 0.146 e. The van der Waals surface area contributed by atoms with E-state index in [9.17, 15) is 5.11 Å². The van der Waals surface area contributed by atoms with Gasteiger partial charge in [-0.1, -0.05) is 0 Å². The summed E-state index contributed by atoms with van der Waals surface area (Å²) < 4.78 is 5.82. The Balaban J connectivity index is 2.52. The molecule has 0 aliphatic rings. The van der Waals surface area contributed by atoms with Gasteiger partial charge in [0.05, 0.1) is 10.7 Å². The van der Waals surface area contributed by atoms with Crippen LogP contribution < -0.4 is 0 Å². The third kappa shape index (κ3) is 2.33. The Morgan fingerprint density at radius 3 is 2.83 bits per heavy atom. The minimum atomic E-state index is -0.624. The molecule has 1 unspecified atom stereocenters. The number of furan rings is 1. The molecule has 1 heterocycles. The van der Waals surface area contributed by atoms with Crippen molar-refractivity contribution in [3.8, 4) is 0 Å². The molecule has 0 saturated carbocycles. The average molecular weight is 235 g/mol. The third-order valence-electron chi connectivity index (χ3n) is 1.58.